The number of carbonyl (C=O) groups excluding carboxylic acids is 1. The zero-order valence-electron chi connectivity index (χ0n) is 12.0. The predicted octanol–water partition coefficient (Wildman–Crippen LogP) is 4.13. The summed E-state index contributed by atoms with van der Waals surface area (Å²) in [4.78, 5) is 20.1. The van der Waals surface area contributed by atoms with Crippen molar-refractivity contribution >= 4 is 28.1 Å². The zero-order chi connectivity index (χ0) is 14.8. The van der Waals surface area contributed by atoms with Crippen LogP contribution in [0, 0.1) is 0 Å². The van der Waals surface area contributed by atoms with Crippen molar-refractivity contribution in [1.82, 2.24) is 9.88 Å². The smallest absolute Gasteiger partial charge is 0.254 e. The molecule has 3 aromatic rings. The van der Waals surface area contributed by atoms with Crippen LogP contribution in [0.15, 0.2) is 54.0 Å². The summed E-state index contributed by atoms with van der Waals surface area (Å²) in [5.41, 5.74) is 1.55. The van der Waals surface area contributed by atoms with E-state index >= 15 is 0 Å². The molecule has 0 fully saturated rings. The maximum absolute atomic E-state index is 12.8. The van der Waals surface area contributed by atoms with Gasteiger partial charge in [0.05, 0.1) is 11.6 Å². The van der Waals surface area contributed by atoms with Gasteiger partial charge in [0.25, 0.3) is 5.91 Å². The van der Waals surface area contributed by atoms with Gasteiger partial charge < -0.3 is 4.90 Å². The highest BCUT2D eigenvalue weighted by molar-refractivity contribution is 7.10. The number of fused-ring (bicyclic) bond motifs is 1. The lowest BCUT2D eigenvalue weighted by Gasteiger charge is -2.24. The molecule has 1 aromatic carbocycles. The van der Waals surface area contributed by atoms with Gasteiger partial charge in [-0.1, -0.05) is 18.2 Å². The summed E-state index contributed by atoms with van der Waals surface area (Å²) in [6, 6.07) is 13.6. The Morgan fingerprint density at radius 2 is 2.05 bits per heavy atom. The fourth-order valence-corrected chi connectivity index (χ4v) is 3.20. The molecule has 0 N–H and O–H groups in total. The number of nitrogens with zero attached hydrogens (tertiary/aromatic N) is 2. The number of aromatic nitrogens is 1. The van der Waals surface area contributed by atoms with Gasteiger partial charge in [-0.05, 0) is 36.6 Å². The van der Waals surface area contributed by atoms with Crippen LogP contribution in [0.5, 0.6) is 0 Å². The third-order valence-corrected chi connectivity index (χ3v) is 4.77. The summed E-state index contributed by atoms with van der Waals surface area (Å²) in [5, 5.41) is 2.93. The molecule has 1 amide bonds. The number of benzene rings is 1. The largest absolute Gasteiger partial charge is 0.334 e. The number of rotatable bonds is 3. The highest BCUT2D eigenvalue weighted by Crippen LogP contribution is 2.26. The van der Waals surface area contributed by atoms with Gasteiger partial charge in [-0.2, -0.15) is 0 Å². The normalized spacial score (nSPS) is 12.3. The minimum atomic E-state index is 0.0227. The van der Waals surface area contributed by atoms with Gasteiger partial charge in [0.2, 0.25) is 0 Å². The average Bonchev–Trinajstić information content (AvgIpc) is 3.06. The molecule has 1 unspecified atom stereocenters. The molecule has 3 nitrogen and oxygen atoms in total. The van der Waals surface area contributed by atoms with Gasteiger partial charge in [-0.3, -0.25) is 9.78 Å². The molecule has 0 spiro atoms. The maximum Gasteiger partial charge on any atom is 0.254 e. The fraction of sp³-hybridized carbons (Fsp3) is 0.176. The van der Waals surface area contributed by atoms with E-state index in [-0.39, 0.29) is 11.9 Å². The van der Waals surface area contributed by atoms with Gasteiger partial charge in [-0.25, -0.2) is 0 Å². The van der Waals surface area contributed by atoms with Crippen molar-refractivity contribution in [2.24, 2.45) is 0 Å². The Morgan fingerprint density at radius 1 is 1.19 bits per heavy atom. The first kappa shape index (κ1) is 13.8. The van der Waals surface area contributed by atoms with Gasteiger partial charge >= 0.3 is 0 Å². The quantitative estimate of drug-likeness (QED) is 0.728. The van der Waals surface area contributed by atoms with Gasteiger partial charge in [0, 0.05) is 29.1 Å². The number of pyridine rings is 1. The van der Waals surface area contributed by atoms with Crippen molar-refractivity contribution in [1.29, 1.82) is 0 Å². The van der Waals surface area contributed by atoms with Crippen LogP contribution in [0.4, 0.5) is 0 Å². The molecule has 0 aliphatic heterocycles. The highest BCUT2D eigenvalue weighted by Gasteiger charge is 2.21. The minimum Gasteiger partial charge on any atom is -0.334 e. The summed E-state index contributed by atoms with van der Waals surface area (Å²) >= 11 is 1.67. The van der Waals surface area contributed by atoms with Gasteiger partial charge in [0.15, 0.2) is 0 Å². The number of hydrogen-bond donors (Lipinski definition) is 0. The lowest BCUT2D eigenvalue weighted by Crippen LogP contribution is -2.29. The van der Waals surface area contributed by atoms with Crippen LogP contribution in [0.1, 0.15) is 28.2 Å². The Morgan fingerprint density at radius 3 is 2.81 bits per heavy atom. The molecule has 0 aliphatic carbocycles. The SMILES string of the molecule is CC(c1cccs1)N(C)C(=O)c1cccc2ncccc12. The van der Waals surface area contributed by atoms with Crippen molar-refractivity contribution in [2.75, 3.05) is 7.05 Å². The Bertz CT molecular complexity index is 762. The Balaban J connectivity index is 1.97. The molecular weight excluding hydrogens is 280 g/mol. The molecule has 0 saturated carbocycles. The van der Waals surface area contributed by atoms with Crippen LogP contribution in [-0.4, -0.2) is 22.8 Å². The van der Waals surface area contributed by atoms with Crippen molar-refractivity contribution < 1.29 is 4.79 Å². The Hall–Kier alpha value is -2.20. The molecule has 0 aliphatic rings. The summed E-state index contributed by atoms with van der Waals surface area (Å²) in [5.74, 6) is 0.0227. The lowest BCUT2D eigenvalue weighted by molar-refractivity contribution is 0.0747. The first-order valence-electron chi connectivity index (χ1n) is 6.83. The lowest BCUT2D eigenvalue weighted by atomic mass is 10.1. The van der Waals surface area contributed by atoms with Crippen molar-refractivity contribution in [2.45, 2.75) is 13.0 Å². The Kier molecular flexibility index (Phi) is 3.71. The fourth-order valence-electron chi connectivity index (χ4n) is 2.38. The van der Waals surface area contributed by atoms with E-state index in [1.54, 1.807) is 22.4 Å². The highest BCUT2D eigenvalue weighted by atomic mass is 32.1. The summed E-state index contributed by atoms with van der Waals surface area (Å²) in [7, 11) is 1.85. The van der Waals surface area contributed by atoms with Crippen LogP contribution in [-0.2, 0) is 0 Å². The van der Waals surface area contributed by atoms with Gasteiger partial charge in [0.1, 0.15) is 0 Å². The number of hydrogen-bond acceptors (Lipinski definition) is 3. The van der Waals surface area contributed by atoms with E-state index in [1.165, 1.54) is 4.88 Å². The van der Waals surface area contributed by atoms with E-state index in [1.807, 2.05) is 55.7 Å². The van der Waals surface area contributed by atoms with Crippen molar-refractivity contribution in [3.63, 3.8) is 0 Å². The van der Waals surface area contributed by atoms with Crippen LogP contribution in [0.25, 0.3) is 10.9 Å². The second-order valence-corrected chi connectivity index (χ2v) is 5.96. The molecule has 2 heterocycles. The molecule has 0 radical (unpaired) electrons. The molecule has 1 atom stereocenters. The molecule has 3 rings (SSSR count). The second-order valence-electron chi connectivity index (χ2n) is 4.98. The summed E-state index contributed by atoms with van der Waals surface area (Å²) in [6.45, 7) is 2.05. The summed E-state index contributed by atoms with van der Waals surface area (Å²) in [6.07, 6.45) is 1.74. The number of carbonyl (C=O) groups is 1. The van der Waals surface area contributed by atoms with E-state index in [0.29, 0.717) is 5.56 Å². The van der Waals surface area contributed by atoms with Crippen molar-refractivity contribution in [3.05, 3.63) is 64.5 Å². The van der Waals surface area contributed by atoms with E-state index in [9.17, 15) is 4.79 Å². The van der Waals surface area contributed by atoms with E-state index in [2.05, 4.69) is 11.1 Å². The minimum absolute atomic E-state index is 0.0227. The molecular formula is C17H16N2OS. The van der Waals surface area contributed by atoms with Crippen LogP contribution in [0.3, 0.4) is 0 Å². The maximum atomic E-state index is 12.8. The molecule has 21 heavy (non-hydrogen) atoms. The molecule has 106 valence electrons. The second kappa shape index (κ2) is 5.66. The summed E-state index contributed by atoms with van der Waals surface area (Å²) < 4.78 is 0. The molecule has 4 heteroatoms. The van der Waals surface area contributed by atoms with Crippen molar-refractivity contribution in [3.8, 4) is 0 Å². The van der Waals surface area contributed by atoms with Crippen LogP contribution < -0.4 is 0 Å². The van der Waals surface area contributed by atoms with Crippen LogP contribution >= 0.6 is 11.3 Å². The standard InChI is InChI=1S/C17H16N2OS/c1-12(16-9-5-11-21-16)19(2)17(20)14-6-3-8-15-13(14)7-4-10-18-15/h3-12H,1-2H3. The topological polar surface area (TPSA) is 33.2 Å². The van der Waals surface area contributed by atoms with E-state index in [0.717, 1.165) is 10.9 Å². The average molecular weight is 296 g/mol. The zero-order valence-corrected chi connectivity index (χ0v) is 12.8. The predicted molar refractivity (Wildman–Crippen MR) is 86.6 cm³/mol. The Labute approximate surface area is 127 Å². The molecule has 2 aromatic heterocycles. The number of thiophene rings is 1. The first-order chi connectivity index (χ1) is 10.2. The molecule has 0 bridgehead atoms. The van der Waals surface area contributed by atoms with Crippen LogP contribution in [0.2, 0.25) is 0 Å². The first-order valence-corrected chi connectivity index (χ1v) is 7.71. The monoisotopic (exact) mass is 296 g/mol. The van der Waals surface area contributed by atoms with Gasteiger partial charge in [-0.15, -0.1) is 11.3 Å². The van der Waals surface area contributed by atoms with E-state index in [4.69, 9.17) is 0 Å². The third-order valence-electron chi connectivity index (χ3n) is 3.73. The molecule has 0 saturated heterocycles. The third kappa shape index (κ3) is 2.54. The number of amides is 1. The van der Waals surface area contributed by atoms with E-state index < -0.39 is 0 Å².